The number of rotatable bonds is 4. The fraction of sp³-hybridized carbons (Fsp3) is 0.350. The van der Waals surface area contributed by atoms with Crippen LogP contribution in [0.15, 0.2) is 41.4 Å². The molecule has 0 aliphatic carbocycles. The van der Waals surface area contributed by atoms with Crippen molar-refractivity contribution in [2.45, 2.75) is 24.7 Å². The molecule has 1 aromatic carbocycles. The number of aryl methyl sites for hydroxylation is 1. The molecular weight excluding hydrogens is 414 g/mol. The van der Waals surface area contributed by atoms with Gasteiger partial charge in [0.15, 0.2) is 9.84 Å². The second kappa shape index (κ2) is 8.51. The molecule has 29 heavy (non-hydrogen) atoms. The van der Waals surface area contributed by atoms with Crippen LogP contribution >= 0.6 is 11.6 Å². The molecule has 2 aromatic rings. The van der Waals surface area contributed by atoms with Crippen LogP contribution in [-0.4, -0.2) is 49.5 Å². The summed E-state index contributed by atoms with van der Waals surface area (Å²) in [5.74, 6) is -0.0760. The molecule has 1 N–H and O–H groups in total. The predicted octanol–water partition coefficient (Wildman–Crippen LogP) is 2.94. The van der Waals surface area contributed by atoms with Crippen molar-refractivity contribution in [2.24, 2.45) is 5.92 Å². The van der Waals surface area contributed by atoms with Gasteiger partial charge in [0.2, 0.25) is 5.91 Å². The smallest absolute Gasteiger partial charge is 0.253 e. The van der Waals surface area contributed by atoms with Crippen molar-refractivity contribution >= 4 is 39.1 Å². The van der Waals surface area contributed by atoms with Crippen LogP contribution in [0.5, 0.6) is 0 Å². The van der Waals surface area contributed by atoms with Crippen molar-refractivity contribution in [2.75, 3.05) is 24.7 Å². The van der Waals surface area contributed by atoms with Gasteiger partial charge in [-0.3, -0.25) is 9.59 Å². The van der Waals surface area contributed by atoms with E-state index >= 15 is 0 Å². The van der Waals surface area contributed by atoms with E-state index in [-0.39, 0.29) is 33.2 Å². The molecule has 7 nitrogen and oxygen atoms in total. The molecule has 0 unspecified atom stereocenters. The van der Waals surface area contributed by atoms with Crippen LogP contribution in [0, 0.1) is 12.8 Å². The number of sulfone groups is 1. The molecule has 2 amide bonds. The van der Waals surface area contributed by atoms with Crippen LogP contribution in [0.3, 0.4) is 0 Å². The number of aromatic nitrogens is 1. The summed E-state index contributed by atoms with van der Waals surface area (Å²) in [6, 6.07) is 7.89. The molecule has 0 atom stereocenters. The third-order valence-corrected chi connectivity index (χ3v) is 6.48. The van der Waals surface area contributed by atoms with Crippen molar-refractivity contribution in [1.82, 2.24) is 9.88 Å². The van der Waals surface area contributed by atoms with E-state index in [4.69, 9.17) is 11.6 Å². The number of hydrogen-bond acceptors (Lipinski definition) is 5. The minimum Gasteiger partial charge on any atom is -0.339 e. The molecule has 0 radical (unpaired) electrons. The first-order valence-electron chi connectivity index (χ1n) is 9.17. The highest BCUT2D eigenvalue weighted by Crippen LogP contribution is 2.25. The zero-order valence-electron chi connectivity index (χ0n) is 16.2. The second-order valence-electron chi connectivity index (χ2n) is 7.19. The molecule has 0 spiro atoms. The number of piperidine rings is 1. The van der Waals surface area contributed by atoms with Gasteiger partial charge in [-0.25, -0.2) is 13.4 Å². The Morgan fingerprint density at radius 2 is 1.86 bits per heavy atom. The lowest BCUT2D eigenvalue weighted by Gasteiger charge is -2.31. The number of benzene rings is 1. The lowest BCUT2D eigenvalue weighted by Crippen LogP contribution is -2.41. The molecule has 1 aliphatic heterocycles. The SMILES string of the molecule is Cc1ccnc(NC(=O)C2CCN(C(=O)c3ccc(Cl)c(S(C)(=O)=O)c3)CC2)c1. The van der Waals surface area contributed by atoms with Gasteiger partial charge in [0, 0.05) is 37.0 Å². The van der Waals surface area contributed by atoms with Gasteiger partial charge in [-0.05, 0) is 55.7 Å². The first-order valence-corrected chi connectivity index (χ1v) is 11.4. The number of hydrogen-bond donors (Lipinski definition) is 1. The van der Waals surface area contributed by atoms with Gasteiger partial charge in [0.05, 0.1) is 9.92 Å². The van der Waals surface area contributed by atoms with E-state index in [1.807, 2.05) is 13.0 Å². The van der Waals surface area contributed by atoms with Crippen LogP contribution < -0.4 is 5.32 Å². The third-order valence-electron chi connectivity index (χ3n) is 4.90. The molecule has 1 aromatic heterocycles. The van der Waals surface area contributed by atoms with E-state index in [9.17, 15) is 18.0 Å². The van der Waals surface area contributed by atoms with E-state index < -0.39 is 9.84 Å². The van der Waals surface area contributed by atoms with Gasteiger partial charge in [0.1, 0.15) is 5.82 Å². The lowest BCUT2D eigenvalue weighted by molar-refractivity contribution is -0.121. The third kappa shape index (κ3) is 5.13. The standard InChI is InChI=1S/C20H22ClN3O4S/c1-13-5-8-22-18(11-13)23-19(25)14-6-9-24(10-7-14)20(26)15-3-4-16(21)17(12-15)29(2,27)28/h3-5,8,11-12,14H,6-7,9-10H2,1-2H3,(H,22,23,25). The summed E-state index contributed by atoms with van der Waals surface area (Å²) >= 11 is 5.95. The zero-order valence-corrected chi connectivity index (χ0v) is 17.8. The van der Waals surface area contributed by atoms with Crippen LogP contribution in [0.4, 0.5) is 5.82 Å². The average Bonchev–Trinajstić information content (AvgIpc) is 2.67. The largest absolute Gasteiger partial charge is 0.339 e. The summed E-state index contributed by atoms with van der Waals surface area (Å²) in [4.78, 5) is 31.0. The molecule has 0 bridgehead atoms. The van der Waals surface area contributed by atoms with Crippen molar-refractivity contribution in [3.05, 3.63) is 52.7 Å². The molecule has 1 saturated heterocycles. The van der Waals surface area contributed by atoms with Gasteiger partial charge >= 0.3 is 0 Å². The number of carbonyl (C=O) groups excluding carboxylic acids is 2. The number of pyridine rings is 1. The maximum atomic E-state index is 12.8. The first kappa shape index (κ1) is 21.3. The summed E-state index contributed by atoms with van der Waals surface area (Å²) < 4.78 is 23.7. The number of anilines is 1. The Morgan fingerprint density at radius 1 is 1.17 bits per heavy atom. The summed E-state index contributed by atoms with van der Waals surface area (Å²) in [6.45, 7) is 2.75. The number of nitrogens with zero attached hydrogens (tertiary/aromatic N) is 2. The van der Waals surface area contributed by atoms with E-state index in [2.05, 4.69) is 10.3 Å². The molecule has 1 aliphatic rings. The summed E-state index contributed by atoms with van der Waals surface area (Å²) in [7, 11) is -3.53. The molecular formula is C20H22ClN3O4S. The monoisotopic (exact) mass is 435 g/mol. The fourth-order valence-corrected chi connectivity index (χ4v) is 4.58. The summed E-state index contributed by atoms with van der Waals surface area (Å²) in [5, 5.41) is 2.91. The predicted molar refractivity (Wildman–Crippen MR) is 111 cm³/mol. The van der Waals surface area contributed by atoms with E-state index in [0.717, 1.165) is 11.8 Å². The van der Waals surface area contributed by atoms with Crippen LogP contribution in [0.25, 0.3) is 0 Å². The van der Waals surface area contributed by atoms with Crippen molar-refractivity contribution < 1.29 is 18.0 Å². The Morgan fingerprint density at radius 3 is 2.48 bits per heavy atom. The fourth-order valence-electron chi connectivity index (χ4n) is 3.28. The Kier molecular flexibility index (Phi) is 6.24. The second-order valence-corrected chi connectivity index (χ2v) is 9.58. The van der Waals surface area contributed by atoms with E-state index in [1.54, 1.807) is 17.2 Å². The first-order chi connectivity index (χ1) is 13.6. The van der Waals surface area contributed by atoms with E-state index in [0.29, 0.717) is 31.7 Å². The molecule has 154 valence electrons. The highest BCUT2D eigenvalue weighted by atomic mass is 35.5. The van der Waals surface area contributed by atoms with E-state index in [1.165, 1.54) is 18.2 Å². The number of carbonyl (C=O) groups is 2. The van der Waals surface area contributed by atoms with Crippen LogP contribution in [0.1, 0.15) is 28.8 Å². The average molecular weight is 436 g/mol. The zero-order chi connectivity index (χ0) is 21.2. The number of likely N-dealkylation sites (tertiary alicyclic amines) is 1. The topological polar surface area (TPSA) is 96.4 Å². The van der Waals surface area contributed by atoms with Gasteiger partial charge < -0.3 is 10.2 Å². The van der Waals surface area contributed by atoms with Gasteiger partial charge in [-0.1, -0.05) is 11.6 Å². The molecule has 1 fully saturated rings. The minimum atomic E-state index is -3.53. The van der Waals surface area contributed by atoms with Crippen molar-refractivity contribution in [1.29, 1.82) is 0 Å². The van der Waals surface area contributed by atoms with Crippen molar-refractivity contribution in [3.8, 4) is 0 Å². The molecule has 9 heteroatoms. The minimum absolute atomic E-state index is 0.0649. The van der Waals surface area contributed by atoms with Gasteiger partial charge in [-0.15, -0.1) is 0 Å². The maximum absolute atomic E-state index is 12.8. The lowest BCUT2D eigenvalue weighted by atomic mass is 9.95. The Bertz CT molecular complexity index is 1050. The highest BCUT2D eigenvalue weighted by molar-refractivity contribution is 7.90. The van der Waals surface area contributed by atoms with Crippen molar-refractivity contribution in [3.63, 3.8) is 0 Å². The summed E-state index contributed by atoms with van der Waals surface area (Å²) in [6.07, 6.45) is 3.74. The van der Waals surface area contributed by atoms with Crippen LogP contribution in [-0.2, 0) is 14.6 Å². The number of amides is 2. The highest BCUT2D eigenvalue weighted by Gasteiger charge is 2.28. The number of nitrogens with one attached hydrogen (secondary N) is 1. The van der Waals surface area contributed by atoms with Gasteiger partial charge in [0.25, 0.3) is 5.91 Å². The summed E-state index contributed by atoms with van der Waals surface area (Å²) in [5.41, 5.74) is 1.27. The Hall–Kier alpha value is -2.45. The normalized spacial score (nSPS) is 15.2. The van der Waals surface area contributed by atoms with Crippen LogP contribution in [0.2, 0.25) is 5.02 Å². The van der Waals surface area contributed by atoms with Gasteiger partial charge in [-0.2, -0.15) is 0 Å². The number of halogens is 1. The quantitative estimate of drug-likeness (QED) is 0.796. The molecule has 2 heterocycles. The Labute approximate surface area is 175 Å². The Balaban J connectivity index is 1.63. The maximum Gasteiger partial charge on any atom is 0.253 e. The molecule has 0 saturated carbocycles. The molecule has 3 rings (SSSR count).